The molecule has 0 radical (unpaired) electrons. The van der Waals surface area contributed by atoms with E-state index in [0.717, 1.165) is 22.3 Å². The van der Waals surface area contributed by atoms with Crippen molar-refractivity contribution in [3.8, 4) is 22.3 Å². The second kappa shape index (κ2) is 15.8. The molecule has 4 aromatic rings. The Labute approximate surface area is 300 Å². The Balaban J connectivity index is 1.67. The summed E-state index contributed by atoms with van der Waals surface area (Å²) in [6.07, 6.45) is 3.47. The summed E-state index contributed by atoms with van der Waals surface area (Å²) in [7, 11) is 0. The second-order valence-electron chi connectivity index (χ2n) is 14.6. The Morgan fingerprint density at radius 2 is 1.57 bits per heavy atom. The fraction of sp³-hybridized carbons (Fsp3) is 0.381. The van der Waals surface area contributed by atoms with E-state index in [1.54, 1.807) is 12.1 Å². The van der Waals surface area contributed by atoms with Crippen LogP contribution in [0.4, 0.5) is 4.39 Å². The van der Waals surface area contributed by atoms with Gasteiger partial charge in [-0.3, -0.25) is 9.59 Å². The molecule has 3 aromatic carbocycles. The molecule has 270 valence electrons. The number of benzene rings is 3. The first-order valence-corrected chi connectivity index (χ1v) is 17.4. The van der Waals surface area contributed by atoms with Gasteiger partial charge in [0.05, 0.1) is 18.6 Å². The number of esters is 1. The van der Waals surface area contributed by atoms with Crippen LogP contribution in [0.25, 0.3) is 28.3 Å². The van der Waals surface area contributed by atoms with E-state index in [0.29, 0.717) is 23.4 Å². The molecule has 1 aliphatic heterocycles. The minimum Gasteiger partial charge on any atom is -0.460 e. The topological polar surface area (TPSA) is 90.2 Å². The molecular weight excluding hydrogens is 647 g/mol. The molecular formula is C42H49FN2O6. The van der Waals surface area contributed by atoms with Crippen LogP contribution in [0.5, 0.6) is 0 Å². The van der Waals surface area contributed by atoms with Crippen molar-refractivity contribution in [3.05, 3.63) is 114 Å². The van der Waals surface area contributed by atoms with Crippen LogP contribution in [-0.2, 0) is 25.5 Å². The number of halogens is 1. The summed E-state index contributed by atoms with van der Waals surface area (Å²) in [5, 5.41) is 10.6. The lowest BCUT2D eigenvalue weighted by Gasteiger charge is -2.39. The maximum Gasteiger partial charge on any atom is 0.308 e. The minimum absolute atomic E-state index is 0.0762. The van der Waals surface area contributed by atoms with Crippen LogP contribution in [0.3, 0.4) is 0 Å². The third kappa shape index (κ3) is 9.41. The quantitative estimate of drug-likeness (QED) is 0.125. The van der Waals surface area contributed by atoms with Gasteiger partial charge in [0.1, 0.15) is 23.8 Å². The molecule has 8 nitrogen and oxygen atoms in total. The van der Waals surface area contributed by atoms with Crippen molar-refractivity contribution in [3.63, 3.8) is 0 Å². The molecule has 0 bridgehead atoms. The van der Waals surface area contributed by atoms with Gasteiger partial charge in [-0.15, -0.1) is 0 Å². The average molecular weight is 697 g/mol. The largest absolute Gasteiger partial charge is 0.460 e. The fourth-order valence-electron chi connectivity index (χ4n) is 6.61. The maximum absolute atomic E-state index is 14.8. The van der Waals surface area contributed by atoms with Crippen molar-refractivity contribution in [2.24, 2.45) is 0 Å². The zero-order valence-electron chi connectivity index (χ0n) is 30.6. The van der Waals surface area contributed by atoms with Gasteiger partial charge in [0, 0.05) is 35.8 Å². The lowest BCUT2D eigenvalue weighted by atomic mass is 9.94. The number of aliphatic hydroxyl groups is 1. The van der Waals surface area contributed by atoms with Crippen molar-refractivity contribution in [1.29, 1.82) is 0 Å². The summed E-state index contributed by atoms with van der Waals surface area (Å²) in [5.74, 6) is -2.05. The molecule has 0 aliphatic carbocycles. The van der Waals surface area contributed by atoms with Gasteiger partial charge >= 0.3 is 5.97 Å². The molecule has 5 rings (SSSR count). The summed E-state index contributed by atoms with van der Waals surface area (Å²) >= 11 is 0. The number of ether oxygens (including phenoxy) is 3. The smallest absolute Gasteiger partial charge is 0.308 e. The van der Waals surface area contributed by atoms with E-state index in [4.69, 9.17) is 14.2 Å². The zero-order chi connectivity index (χ0) is 36.9. The van der Waals surface area contributed by atoms with Gasteiger partial charge < -0.3 is 28.8 Å². The Bertz CT molecular complexity index is 1830. The van der Waals surface area contributed by atoms with Gasteiger partial charge in [-0.05, 0) is 83.4 Å². The van der Waals surface area contributed by atoms with Crippen LogP contribution in [0.2, 0.25) is 0 Å². The number of aliphatic hydroxyl groups excluding tert-OH is 1. The molecule has 1 aromatic heterocycles. The van der Waals surface area contributed by atoms with E-state index >= 15 is 0 Å². The van der Waals surface area contributed by atoms with Crippen LogP contribution >= 0.6 is 0 Å². The van der Waals surface area contributed by atoms with E-state index < -0.39 is 30.3 Å². The van der Waals surface area contributed by atoms with Gasteiger partial charge in [-0.25, -0.2) is 4.39 Å². The molecule has 0 spiro atoms. The molecule has 51 heavy (non-hydrogen) atoms. The number of hydrogen-bond donors (Lipinski definition) is 1. The van der Waals surface area contributed by atoms with Crippen LogP contribution in [0, 0.1) is 5.82 Å². The molecule has 1 N–H and O–H groups in total. The second-order valence-corrected chi connectivity index (χ2v) is 14.6. The maximum atomic E-state index is 14.8. The summed E-state index contributed by atoms with van der Waals surface area (Å²) in [6.45, 7) is 12.8. The van der Waals surface area contributed by atoms with Gasteiger partial charge in [0.25, 0.3) is 5.91 Å². The highest BCUT2D eigenvalue weighted by Gasteiger charge is 2.37. The number of aromatic nitrogens is 1. The molecule has 1 saturated heterocycles. The van der Waals surface area contributed by atoms with Crippen molar-refractivity contribution in [2.45, 2.75) is 97.5 Å². The highest BCUT2D eigenvalue weighted by Crippen LogP contribution is 2.43. The predicted octanol–water partition coefficient (Wildman–Crippen LogP) is 8.79. The molecule has 2 unspecified atom stereocenters. The van der Waals surface area contributed by atoms with Crippen LogP contribution < -0.4 is 0 Å². The summed E-state index contributed by atoms with van der Waals surface area (Å²) in [6, 6.07) is 25.2. The van der Waals surface area contributed by atoms with Gasteiger partial charge in [-0.2, -0.15) is 0 Å². The fourth-order valence-corrected chi connectivity index (χ4v) is 6.61. The number of amides is 1. The lowest BCUT2D eigenvalue weighted by molar-refractivity contribution is -0.290. The molecule has 2 heterocycles. The first kappa shape index (κ1) is 37.7. The van der Waals surface area contributed by atoms with E-state index in [-0.39, 0.29) is 36.7 Å². The van der Waals surface area contributed by atoms with Gasteiger partial charge in [-0.1, -0.05) is 78.9 Å². The van der Waals surface area contributed by atoms with Crippen molar-refractivity contribution >= 4 is 18.0 Å². The molecule has 1 fully saturated rings. The highest BCUT2D eigenvalue weighted by atomic mass is 19.1. The van der Waals surface area contributed by atoms with Crippen molar-refractivity contribution in [1.82, 2.24) is 9.47 Å². The number of nitrogens with zero attached hydrogens (tertiary/aromatic N) is 2. The number of carbonyl (C=O) groups is 2. The van der Waals surface area contributed by atoms with Crippen molar-refractivity contribution < 1.29 is 33.3 Å². The van der Waals surface area contributed by atoms with E-state index in [2.05, 4.69) is 0 Å². The first-order valence-electron chi connectivity index (χ1n) is 17.4. The van der Waals surface area contributed by atoms with Crippen LogP contribution in [0.15, 0.2) is 91.0 Å². The normalized spacial score (nSPS) is 17.5. The summed E-state index contributed by atoms with van der Waals surface area (Å²) in [5.41, 5.74) is 4.30. The Morgan fingerprint density at radius 1 is 0.961 bits per heavy atom. The monoisotopic (exact) mass is 696 g/mol. The predicted molar refractivity (Wildman–Crippen MR) is 197 cm³/mol. The minimum atomic E-state index is -0.977. The number of rotatable bonds is 11. The highest BCUT2D eigenvalue weighted by molar-refractivity contribution is 6.06. The molecule has 0 saturated carbocycles. The molecule has 1 amide bonds. The van der Waals surface area contributed by atoms with Crippen molar-refractivity contribution in [2.75, 3.05) is 6.73 Å². The van der Waals surface area contributed by atoms with Crippen LogP contribution in [-0.4, -0.2) is 56.8 Å². The SMILES string of the molecule is CC(C)n1c(C=CC2CC(CC(=O)OC(C)(C)C)OC(C)(C)O2)c(-c2ccc(F)cc2)c(-c2ccccc2)c1C(=O)N(CO)Cc1ccccc1. The molecule has 2 atom stereocenters. The Hall–Kier alpha value is -4.57. The average Bonchev–Trinajstić information content (AvgIpc) is 3.41. The molecule has 9 heteroatoms. The zero-order valence-corrected chi connectivity index (χ0v) is 30.6. The van der Waals surface area contributed by atoms with Gasteiger partial charge in [0.15, 0.2) is 5.79 Å². The Kier molecular flexibility index (Phi) is 11.6. The summed E-state index contributed by atoms with van der Waals surface area (Å²) < 4.78 is 34.4. The number of carbonyl (C=O) groups excluding carboxylic acids is 2. The standard InChI is InChI=1S/C42H49FN2O6/c1-28(2)45-35(23-22-33-24-34(50-42(6,7)49-33)25-36(47)51-41(3,4)5)37(31-18-20-32(43)21-19-31)38(30-16-12-9-13-17-30)39(45)40(48)44(27-46)26-29-14-10-8-11-15-29/h8-23,28,33-34,46H,24-27H2,1-7H3. The third-order valence-electron chi connectivity index (χ3n) is 8.50. The van der Waals surface area contributed by atoms with E-state index in [9.17, 15) is 19.1 Å². The van der Waals surface area contributed by atoms with Gasteiger partial charge in [0.2, 0.25) is 0 Å². The number of hydrogen-bond acceptors (Lipinski definition) is 6. The Morgan fingerprint density at radius 3 is 2.16 bits per heavy atom. The lowest BCUT2D eigenvalue weighted by Crippen LogP contribution is -2.45. The van der Waals surface area contributed by atoms with Crippen LogP contribution in [0.1, 0.15) is 89.1 Å². The third-order valence-corrected chi connectivity index (χ3v) is 8.50. The molecule has 1 aliphatic rings. The van der Waals surface area contributed by atoms with E-state index in [1.807, 2.05) is 126 Å². The summed E-state index contributed by atoms with van der Waals surface area (Å²) in [4.78, 5) is 28.9. The first-order chi connectivity index (χ1) is 24.2. The van der Waals surface area contributed by atoms with E-state index in [1.165, 1.54) is 17.0 Å².